The van der Waals surface area contributed by atoms with Gasteiger partial charge in [0.1, 0.15) is 11.8 Å². The van der Waals surface area contributed by atoms with Crippen LogP contribution in [-0.2, 0) is 10.9 Å². The molecule has 2 heterocycles. The molecule has 162 valence electrons. The summed E-state index contributed by atoms with van der Waals surface area (Å²) in [6.45, 7) is 0.0121. The van der Waals surface area contributed by atoms with E-state index in [1.54, 1.807) is 18.2 Å². The minimum Gasteiger partial charge on any atom is -0.493 e. The number of aliphatic hydroxyl groups is 1. The van der Waals surface area contributed by atoms with Gasteiger partial charge in [0.15, 0.2) is 11.5 Å². The molecule has 2 aromatic rings. The number of benzene rings is 1. The monoisotopic (exact) mass is 426 g/mol. The molecule has 1 fully saturated rings. The number of methoxy groups -OCH3 is 2. The van der Waals surface area contributed by atoms with Gasteiger partial charge in [-0.15, -0.1) is 0 Å². The predicted octanol–water partition coefficient (Wildman–Crippen LogP) is 2.69. The number of aromatic nitrogens is 1. The van der Waals surface area contributed by atoms with E-state index in [4.69, 9.17) is 14.2 Å². The molecule has 3 rings (SSSR count). The molecule has 30 heavy (non-hydrogen) atoms. The first-order chi connectivity index (χ1) is 14.3. The van der Waals surface area contributed by atoms with Crippen molar-refractivity contribution in [3.05, 3.63) is 53.3 Å². The largest absolute Gasteiger partial charge is 0.493 e. The molecule has 7 nitrogen and oxygen atoms in total. The van der Waals surface area contributed by atoms with Gasteiger partial charge in [0.2, 0.25) is 0 Å². The van der Waals surface area contributed by atoms with E-state index in [-0.39, 0.29) is 25.3 Å². The molecular weight excluding hydrogens is 405 g/mol. The summed E-state index contributed by atoms with van der Waals surface area (Å²) in [4.78, 5) is 17.9. The van der Waals surface area contributed by atoms with Crippen LogP contribution in [0.15, 0.2) is 36.5 Å². The lowest BCUT2D eigenvalue weighted by atomic mass is 9.97. The zero-order chi connectivity index (χ0) is 21.9. The summed E-state index contributed by atoms with van der Waals surface area (Å²) in [6.07, 6.45) is -4.41. The molecular formula is C20H21F3N2O5. The van der Waals surface area contributed by atoms with Crippen LogP contribution in [0.2, 0.25) is 0 Å². The lowest BCUT2D eigenvalue weighted by Gasteiger charge is -2.41. The Bertz CT molecular complexity index is 889. The SMILES string of the molecule is COc1ccc(C2C(CO)OCCN2C(=O)c2ccc(C(F)(F)F)nc2)cc1OC. The summed E-state index contributed by atoms with van der Waals surface area (Å²) >= 11 is 0. The molecule has 2 atom stereocenters. The van der Waals surface area contributed by atoms with Crippen molar-refractivity contribution in [2.45, 2.75) is 18.3 Å². The van der Waals surface area contributed by atoms with Crippen molar-refractivity contribution in [1.29, 1.82) is 0 Å². The highest BCUT2D eigenvalue weighted by Crippen LogP contribution is 2.36. The third-order valence-electron chi connectivity index (χ3n) is 4.84. The smallest absolute Gasteiger partial charge is 0.433 e. The molecule has 0 aliphatic carbocycles. The van der Waals surface area contributed by atoms with Gasteiger partial charge in [0.05, 0.1) is 39.0 Å². The highest BCUT2D eigenvalue weighted by atomic mass is 19.4. The molecule has 0 radical (unpaired) electrons. The van der Waals surface area contributed by atoms with Crippen molar-refractivity contribution in [3.8, 4) is 11.5 Å². The van der Waals surface area contributed by atoms with E-state index in [0.29, 0.717) is 17.1 Å². The number of hydrogen-bond acceptors (Lipinski definition) is 6. The number of hydrogen-bond donors (Lipinski definition) is 1. The molecule has 1 aromatic heterocycles. The van der Waals surface area contributed by atoms with Gasteiger partial charge in [-0.1, -0.05) is 6.07 Å². The van der Waals surface area contributed by atoms with Gasteiger partial charge >= 0.3 is 6.18 Å². The van der Waals surface area contributed by atoms with Crippen molar-refractivity contribution < 1.29 is 37.3 Å². The van der Waals surface area contributed by atoms with Gasteiger partial charge in [-0.3, -0.25) is 9.78 Å². The normalized spacial score (nSPS) is 19.5. The lowest BCUT2D eigenvalue weighted by molar-refractivity contribution is -0.141. The maximum atomic E-state index is 13.1. The van der Waals surface area contributed by atoms with E-state index < -0.39 is 29.9 Å². The summed E-state index contributed by atoms with van der Waals surface area (Å²) in [6, 6.07) is 6.23. The highest BCUT2D eigenvalue weighted by molar-refractivity contribution is 5.94. The van der Waals surface area contributed by atoms with E-state index in [0.717, 1.165) is 18.3 Å². The Hall–Kier alpha value is -2.85. The molecule has 0 bridgehead atoms. The number of aliphatic hydroxyl groups excluding tert-OH is 1. The van der Waals surface area contributed by atoms with E-state index in [1.165, 1.54) is 19.1 Å². The molecule has 1 N–H and O–H groups in total. The van der Waals surface area contributed by atoms with E-state index >= 15 is 0 Å². The van der Waals surface area contributed by atoms with E-state index in [2.05, 4.69) is 4.98 Å². The first-order valence-corrected chi connectivity index (χ1v) is 9.08. The topological polar surface area (TPSA) is 81.1 Å². The molecule has 1 aliphatic rings. The fraction of sp³-hybridized carbons (Fsp3) is 0.400. The maximum absolute atomic E-state index is 13.1. The van der Waals surface area contributed by atoms with Crippen molar-refractivity contribution in [2.24, 2.45) is 0 Å². The van der Waals surface area contributed by atoms with Crippen LogP contribution in [0.1, 0.15) is 27.7 Å². The van der Waals surface area contributed by atoms with Crippen molar-refractivity contribution in [2.75, 3.05) is 34.0 Å². The van der Waals surface area contributed by atoms with Gasteiger partial charge in [0.25, 0.3) is 5.91 Å². The first kappa shape index (κ1) is 21.8. The third kappa shape index (κ3) is 4.34. The Morgan fingerprint density at radius 1 is 1.23 bits per heavy atom. The van der Waals surface area contributed by atoms with Crippen LogP contribution in [0, 0.1) is 0 Å². The number of ether oxygens (including phenoxy) is 3. The second kappa shape index (κ2) is 8.88. The van der Waals surface area contributed by atoms with Crippen molar-refractivity contribution in [1.82, 2.24) is 9.88 Å². The molecule has 1 aromatic carbocycles. The summed E-state index contributed by atoms with van der Waals surface area (Å²) in [5.41, 5.74) is -0.447. The molecule has 2 unspecified atom stereocenters. The average molecular weight is 426 g/mol. The number of carbonyl (C=O) groups excluding carboxylic acids is 1. The summed E-state index contributed by atoms with van der Waals surface area (Å²) in [5, 5.41) is 9.79. The second-order valence-electron chi connectivity index (χ2n) is 6.58. The van der Waals surface area contributed by atoms with E-state index in [9.17, 15) is 23.1 Å². The van der Waals surface area contributed by atoms with Crippen LogP contribution < -0.4 is 9.47 Å². The van der Waals surface area contributed by atoms with E-state index in [1.807, 2.05) is 0 Å². The Morgan fingerprint density at radius 2 is 1.97 bits per heavy atom. The van der Waals surface area contributed by atoms with Gasteiger partial charge in [-0.2, -0.15) is 13.2 Å². The molecule has 1 aliphatic heterocycles. The number of pyridine rings is 1. The quantitative estimate of drug-likeness (QED) is 0.792. The van der Waals surface area contributed by atoms with Crippen LogP contribution in [0.5, 0.6) is 11.5 Å². The van der Waals surface area contributed by atoms with Gasteiger partial charge in [-0.05, 0) is 29.8 Å². The molecule has 1 saturated heterocycles. The lowest BCUT2D eigenvalue weighted by Crippen LogP contribution is -2.49. The van der Waals surface area contributed by atoms with Crippen LogP contribution in [0.3, 0.4) is 0 Å². The highest BCUT2D eigenvalue weighted by Gasteiger charge is 2.38. The number of rotatable bonds is 5. The van der Waals surface area contributed by atoms with Crippen molar-refractivity contribution in [3.63, 3.8) is 0 Å². The zero-order valence-electron chi connectivity index (χ0n) is 16.3. The van der Waals surface area contributed by atoms with Gasteiger partial charge in [-0.25, -0.2) is 0 Å². The van der Waals surface area contributed by atoms with Gasteiger partial charge < -0.3 is 24.2 Å². The number of halogens is 3. The fourth-order valence-electron chi connectivity index (χ4n) is 3.40. The number of morpholine rings is 1. The Labute approximate surface area is 171 Å². The molecule has 0 saturated carbocycles. The molecule has 1 amide bonds. The van der Waals surface area contributed by atoms with Crippen molar-refractivity contribution >= 4 is 5.91 Å². The summed E-state index contributed by atoms with van der Waals surface area (Å²) in [5.74, 6) is 0.405. The number of alkyl halides is 3. The molecule has 0 spiro atoms. The minimum atomic E-state index is -4.59. The number of carbonyl (C=O) groups is 1. The number of amides is 1. The van der Waals surface area contributed by atoms with Crippen LogP contribution in [0.25, 0.3) is 0 Å². The second-order valence-corrected chi connectivity index (χ2v) is 6.58. The van der Waals surface area contributed by atoms with Gasteiger partial charge in [0, 0.05) is 12.7 Å². The number of nitrogens with zero attached hydrogens (tertiary/aromatic N) is 2. The fourth-order valence-corrected chi connectivity index (χ4v) is 3.40. The third-order valence-corrected chi connectivity index (χ3v) is 4.84. The zero-order valence-corrected chi connectivity index (χ0v) is 16.3. The maximum Gasteiger partial charge on any atom is 0.433 e. The Morgan fingerprint density at radius 3 is 2.53 bits per heavy atom. The summed E-state index contributed by atoms with van der Waals surface area (Å²) in [7, 11) is 2.96. The standard InChI is InChI=1S/C20H21F3N2O5/c1-28-14-5-3-12(9-15(14)29-2)18-16(11-26)30-8-7-25(18)19(27)13-4-6-17(24-10-13)20(21,22)23/h3-6,9-10,16,18,26H,7-8,11H2,1-2H3. The van der Waals surface area contributed by atoms with Crippen LogP contribution >= 0.6 is 0 Å². The average Bonchev–Trinajstić information content (AvgIpc) is 2.77. The Kier molecular flexibility index (Phi) is 6.47. The molecule has 10 heteroatoms. The summed E-state index contributed by atoms with van der Waals surface area (Å²) < 4.78 is 54.5. The predicted molar refractivity (Wildman–Crippen MR) is 99.4 cm³/mol. The first-order valence-electron chi connectivity index (χ1n) is 9.08. The minimum absolute atomic E-state index is 0.00654. The van der Waals surface area contributed by atoms with Crippen LogP contribution in [-0.4, -0.2) is 61.0 Å². The van der Waals surface area contributed by atoms with Crippen LogP contribution in [0.4, 0.5) is 13.2 Å². The Balaban J connectivity index is 1.96.